The SMILES string of the molecule is CCOC(=O)c1ccnc(Nc2cc(C)ccc2Br)c1N. The molecule has 0 saturated heterocycles. The summed E-state index contributed by atoms with van der Waals surface area (Å²) >= 11 is 3.46. The van der Waals surface area contributed by atoms with Crippen LogP contribution < -0.4 is 11.1 Å². The molecule has 0 aliphatic rings. The Morgan fingerprint density at radius 3 is 2.90 bits per heavy atom. The Balaban J connectivity index is 2.35. The molecule has 2 aromatic rings. The van der Waals surface area contributed by atoms with E-state index >= 15 is 0 Å². The Kier molecular flexibility index (Phi) is 4.80. The molecule has 1 heterocycles. The van der Waals surface area contributed by atoms with Crippen LogP contribution in [0.1, 0.15) is 22.8 Å². The van der Waals surface area contributed by atoms with Gasteiger partial charge in [-0.3, -0.25) is 0 Å². The lowest BCUT2D eigenvalue weighted by molar-refractivity contribution is 0.0527. The second kappa shape index (κ2) is 6.58. The minimum atomic E-state index is -0.455. The number of aromatic nitrogens is 1. The normalized spacial score (nSPS) is 10.2. The number of nitrogens with one attached hydrogen (secondary N) is 1. The Morgan fingerprint density at radius 2 is 2.19 bits per heavy atom. The fourth-order valence-electron chi connectivity index (χ4n) is 1.82. The molecule has 0 bridgehead atoms. The Labute approximate surface area is 131 Å². The van der Waals surface area contributed by atoms with Crippen LogP contribution in [0.3, 0.4) is 0 Å². The van der Waals surface area contributed by atoms with Gasteiger partial charge in [0.05, 0.1) is 23.5 Å². The van der Waals surface area contributed by atoms with Crippen LogP contribution in [-0.2, 0) is 4.74 Å². The summed E-state index contributed by atoms with van der Waals surface area (Å²) in [5.74, 6) is -0.0318. The highest BCUT2D eigenvalue weighted by Crippen LogP contribution is 2.29. The number of ether oxygens (including phenoxy) is 1. The zero-order valence-electron chi connectivity index (χ0n) is 11.8. The lowest BCUT2D eigenvalue weighted by Crippen LogP contribution is -2.10. The molecule has 6 heteroatoms. The first-order valence-electron chi connectivity index (χ1n) is 6.47. The number of nitrogens with two attached hydrogens (primary N) is 1. The molecule has 0 unspecified atom stereocenters. The zero-order chi connectivity index (χ0) is 15.4. The topological polar surface area (TPSA) is 77.2 Å². The molecule has 2 rings (SSSR count). The highest BCUT2D eigenvalue weighted by molar-refractivity contribution is 9.10. The lowest BCUT2D eigenvalue weighted by Gasteiger charge is -2.13. The van der Waals surface area contributed by atoms with Gasteiger partial charge in [-0.05, 0) is 53.5 Å². The van der Waals surface area contributed by atoms with Crippen molar-refractivity contribution in [1.29, 1.82) is 0 Å². The van der Waals surface area contributed by atoms with Crippen LogP contribution in [0.2, 0.25) is 0 Å². The molecule has 1 aromatic heterocycles. The number of hydrogen-bond acceptors (Lipinski definition) is 5. The average Bonchev–Trinajstić information content (AvgIpc) is 2.45. The Bertz CT molecular complexity index is 674. The molecule has 1 aromatic carbocycles. The molecule has 0 saturated carbocycles. The third-order valence-corrected chi connectivity index (χ3v) is 3.55. The molecule has 0 radical (unpaired) electrons. The van der Waals surface area contributed by atoms with Gasteiger partial charge in [0, 0.05) is 10.7 Å². The first-order chi connectivity index (χ1) is 10.0. The number of pyridine rings is 1. The van der Waals surface area contributed by atoms with Gasteiger partial charge in [0.1, 0.15) is 0 Å². The van der Waals surface area contributed by atoms with Crippen molar-refractivity contribution >= 4 is 39.1 Å². The van der Waals surface area contributed by atoms with Gasteiger partial charge in [-0.2, -0.15) is 0 Å². The van der Waals surface area contributed by atoms with Crippen molar-refractivity contribution in [3.8, 4) is 0 Å². The zero-order valence-corrected chi connectivity index (χ0v) is 13.4. The molecule has 0 aliphatic carbocycles. The number of benzene rings is 1. The van der Waals surface area contributed by atoms with Crippen molar-refractivity contribution < 1.29 is 9.53 Å². The standard InChI is InChI=1S/C15H16BrN3O2/c1-3-21-15(20)10-6-7-18-14(13(10)17)19-12-8-9(2)4-5-11(12)16/h4-8H,3,17H2,1-2H3,(H,18,19). The summed E-state index contributed by atoms with van der Waals surface area (Å²) in [5.41, 5.74) is 8.51. The summed E-state index contributed by atoms with van der Waals surface area (Å²) in [6.07, 6.45) is 1.52. The molecule has 0 aliphatic heterocycles. The maximum atomic E-state index is 11.8. The first-order valence-corrected chi connectivity index (χ1v) is 7.27. The second-order valence-electron chi connectivity index (χ2n) is 4.45. The van der Waals surface area contributed by atoms with Crippen molar-refractivity contribution in [3.05, 3.63) is 46.1 Å². The van der Waals surface area contributed by atoms with Crippen molar-refractivity contribution in [2.45, 2.75) is 13.8 Å². The predicted molar refractivity (Wildman–Crippen MR) is 86.8 cm³/mol. The number of aryl methyl sites for hydroxylation is 1. The van der Waals surface area contributed by atoms with E-state index < -0.39 is 5.97 Å². The molecule has 0 fully saturated rings. The van der Waals surface area contributed by atoms with Crippen LogP contribution in [0.5, 0.6) is 0 Å². The maximum Gasteiger partial charge on any atom is 0.340 e. The summed E-state index contributed by atoms with van der Waals surface area (Å²) in [6.45, 7) is 4.04. The summed E-state index contributed by atoms with van der Waals surface area (Å²) < 4.78 is 5.86. The number of carbonyl (C=O) groups excluding carboxylic acids is 1. The quantitative estimate of drug-likeness (QED) is 0.823. The van der Waals surface area contributed by atoms with Crippen LogP contribution in [-0.4, -0.2) is 17.6 Å². The minimum Gasteiger partial charge on any atom is -0.462 e. The number of carbonyl (C=O) groups is 1. The largest absolute Gasteiger partial charge is 0.462 e. The van der Waals surface area contributed by atoms with Gasteiger partial charge in [0.2, 0.25) is 0 Å². The van der Waals surface area contributed by atoms with Crippen LogP contribution in [0.4, 0.5) is 17.2 Å². The van der Waals surface area contributed by atoms with Crippen molar-refractivity contribution in [1.82, 2.24) is 4.98 Å². The van der Waals surface area contributed by atoms with Crippen molar-refractivity contribution in [2.24, 2.45) is 0 Å². The van der Waals surface area contributed by atoms with Crippen molar-refractivity contribution in [3.63, 3.8) is 0 Å². The van der Waals surface area contributed by atoms with E-state index in [9.17, 15) is 4.79 Å². The van der Waals surface area contributed by atoms with Gasteiger partial charge in [0.25, 0.3) is 0 Å². The number of hydrogen-bond donors (Lipinski definition) is 2. The Morgan fingerprint density at radius 1 is 1.43 bits per heavy atom. The van der Waals surface area contributed by atoms with E-state index in [4.69, 9.17) is 10.5 Å². The van der Waals surface area contributed by atoms with E-state index in [0.29, 0.717) is 18.0 Å². The van der Waals surface area contributed by atoms with Gasteiger partial charge in [0.15, 0.2) is 5.82 Å². The third-order valence-electron chi connectivity index (χ3n) is 2.86. The van der Waals surface area contributed by atoms with Gasteiger partial charge in [-0.15, -0.1) is 0 Å². The van der Waals surface area contributed by atoms with E-state index in [-0.39, 0.29) is 5.69 Å². The molecule has 0 spiro atoms. The van der Waals surface area contributed by atoms with Crippen LogP contribution in [0, 0.1) is 6.92 Å². The summed E-state index contributed by atoms with van der Waals surface area (Å²) in [7, 11) is 0. The van der Waals surface area contributed by atoms with Gasteiger partial charge in [-0.1, -0.05) is 6.07 Å². The van der Waals surface area contributed by atoms with E-state index in [0.717, 1.165) is 15.7 Å². The number of halogens is 1. The molecular weight excluding hydrogens is 334 g/mol. The van der Waals surface area contributed by atoms with E-state index in [1.807, 2.05) is 25.1 Å². The van der Waals surface area contributed by atoms with Crippen molar-refractivity contribution in [2.75, 3.05) is 17.7 Å². The monoisotopic (exact) mass is 349 g/mol. The van der Waals surface area contributed by atoms with Crippen LogP contribution in [0.25, 0.3) is 0 Å². The maximum absolute atomic E-state index is 11.8. The number of nitrogens with zero attached hydrogens (tertiary/aromatic N) is 1. The van der Waals surface area contributed by atoms with E-state index in [1.54, 1.807) is 13.0 Å². The van der Waals surface area contributed by atoms with E-state index in [2.05, 4.69) is 26.2 Å². The molecule has 21 heavy (non-hydrogen) atoms. The minimum absolute atomic E-state index is 0.268. The first kappa shape index (κ1) is 15.3. The number of esters is 1. The summed E-state index contributed by atoms with van der Waals surface area (Å²) in [4.78, 5) is 16.0. The molecular formula is C15H16BrN3O2. The molecule has 5 nitrogen and oxygen atoms in total. The molecule has 0 atom stereocenters. The predicted octanol–water partition coefficient (Wildman–Crippen LogP) is 3.66. The van der Waals surface area contributed by atoms with Gasteiger partial charge >= 0.3 is 5.97 Å². The average molecular weight is 350 g/mol. The highest BCUT2D eigenvalue weighted by atomic mass is 79.9. The molecule has 110 valence electrons. The Hall–Kier alpha value is -2.08. The van der Waals surface area contributed by atoms with Gasteiger partial charge < -0.3 is 15.8 Å². The fraction of sp³-hybridized carbons (Fsp3) is 0.200. The number of rotatable bonds is 4. The fourth-order valence-corrected chi connectivity index (χ4v) is 2.17. The number of anilines is 3. The summed E-state index contributed by atoms with van der Waals surface area (Å²) in [5, 5.41) is 3.13. The third kappa shape index (κ3) is 3.52. The van der Waals surface area contributed by atoms with E-state index in [1.165, 1.54) is 6.20 Å². The smallest absolute Gasteiger partial charge is 0.340 e. The lowest BCUT2D eigenvalue weighted by atomic mass is 10.2. The summed E-state index contributed by atoms with van der Waals surface area (Å²) in [6, 6.07) is 7.43. The molecule has 0 amide bonds. The van der Waals surface area contributed by atoms with Crippen LogP contribution in [0.15, 0.2) is 34.9 Å². The molecule has 3 N–H and O–H groups in total. The second-order valence-corrected chi connectivity index (χ2v) is 5.30. The van der Waals surface area contributed by atoms with Gasteiger partial charge in [-0.25, -0.2) is 9.78 Å². The number of nitrogen functional groups attached to an aromatic ring is 1. The van der Waals surface area contributed by atoms with Crippen LogP contribution >= 0.6 is 15.9 Å². The highest BCUT2D eigenvalue weighted by Gasteiger charge is 2.15.